The van der Waals surface area contributed by atoms with Crippen molar-refractivity contribution in [1.29, 1.82) is 0 Å². The number of carbonyl (C=O) groups excluding carboxylic acids is 1. The summed E-state index contributed by atoms with van der Waals surface area (Å²) in [5.74, 6) is 0.750. The monoisotopic (exact) mass is 250 g/mol. The van der Waals surface area contributed by atoms with Crippen LogP contribution in [0.15, 0.2) is 24.3 Å². The van der Waals surface area contributed by atoms with Gasteiger partial charge in [-0.15, -0.1) is 0 Å². The Bertz CT molecular complexity index is 380. The van der Waals surface area contributed by atoms with Crippen LogP contribution >= 0.6 is 0 Å². The first kappa shape index (κ1) is 14.4. The highest BCUT2D eigenvalue weighted by molar-refractivity contribution is 5.76. The van der Waals surface area contributed by atoms with Gasteiger partial charge in [0.05, 0.1) is 18.7 Å². The summed E-state index contributed by atoms with van der Waals surface area (Å²) in [6.07, 6.45) is 2.51. The lowest BCUT2D eigenvalue weighted by atomic mass is 10.3. The molecule has 18 heavy (non-hydrogen) atoms. The second-order valence-corrected chi connectivity index (χ2v) is 4.31. The van der Waals surface area contributed by atoms with Gasteiger partial charge in [-0.3, -0.25) is 4.79 Å². The van der Waals surface area contributed by atoms with Crippen molar-refractivity contribution in [3.8, 4) is 5.75 Å². The molecule has 0 fully saturated rings. The molecule has 4 heteroatoms. The van der Waals surface area contributed by atoms with E-state index in [1.165, 1.54) is 0 Å². The predicted molar refractivity (Wildman–Crippen MR) is 73.5 cm³/mol. The molecule has 0 heterocycles. The van der Waals surface area contributed by atoms with E-state index >= 15 is 0 Å². The van der Waals surface area contributed by atoms with Crippen LogP contribution in [0.5, 0.6) is 5.75 Å². The minimum atomic E-state index is 0.109. The van der Waals surface area contributed by atoms with Gasteiger partial charge in [0, 0.05) is 13.6 Å². The highest BCUT2D eigenvalue weighted by Crippen LogP contribution is 2.19. The van der Waals surface area contributed by atoms with Crippen molar-refractivity contribution in [2.75, 3.05) is 25.9 Å². The van der Waals surface area contributed by atoms with Gasteiger partial charge in [-0.1, -0.05) is 25.5 Å². The van der Waals surface area contributed by atoms with Crippen LogP contribution in [0.4, 0.5) is 5.69 Å². The summed E-state index contributed by atoms with van der Waals surface area (Å²) in [7, 11) is 1.83. The van der Waals surface area contributed by atoms with Crippen LogP contribution in [0, 0.1) is 0 Å². The molecule has 0 saturated carbocycles. The number of nitrogen functional groups attached to an aromatic ring is 1. The van der Waals surface area contributed by atoms with Crippen molar-refractivity contribution in [2.45, 2.75) is 26.2 Å². The van der Waals surface area contributed by atoms with Gasteiger partial charge in [0.2, 0.25) is 5.91 Å². The lowest BCUT2D eigenvalue weighted by Crippen LogP contribution is -2.28. The highest BCUT2D eigenvalue weighted by Gasteiger charge is 2.08. The number of hydrogen-bond acceptors (Lipinski definition) is 3. The molecule has 0 bridgehead atoms. The fraction of sp³-hybridized carbons (Fsp3) is 0.500. The standard InChI is InChI=1S/C14H22N2O2/c1-3-4-10-16(2)14(17)9-11-18-13-8-6-5-7-12(13)15/h5-8H,3-4,9-11,15H2,1-2H3. The molecular formula is C14H22N2O2. The Balaban J connectivity index is 2.29. The largest absolute Gasteiger partial charge is 0.491 e. The number of amides is 1. The predicted octanol–water partition coefficient (Wildman–Crippen LogP) is 2.30. The molecule has 0 aromatic heterocycles. The van der Waals surface area contributed by atoms with Gasteiger partial charge in [-0.2, -0.15) is 0 Å². The minimum Gasteiger partial charge on any atom is -0.491 e. The molecule has 0 aliphatic carbocycles. The third-order valence-corrected chi connectivity index (χ3v) is 2.77. The number of para-hydroxylation sites is 2. The Kier molecular flexibility index (Phi) is 6.05. The first-order valence-electron chi connectivity index (χ1n) is 6.36. The SMILES string of the molecule is CCCCN(C)C(=O)CCOc1ccccc1N. The lowest BCUT2D eigenvalue weighted by Gasteiger charge is -2.17. The lowest BCUT2D eigenvalue weighted by molar-refractivity contribution is -0.130. The topological polar surface area (TPSA) is 55.6 Å². The molecule has 0 spiro atoms. The quantitative estimate of drug-likeness (QED) is 0.755. The molecule has 1 rings (SSSR count). The Morgan fingerprint density at radius 2 is 2.11 bits per heavy atom. The zero-order valence-corrected chi connectivity index (χ0v) is 11.2. The number of benzene rings is 1. The second kappa shape index (κ2) is 7.58. The zero-order valence-electron chi connectivity index (χ0n) is 11.2. The van der Waals surface area contributed by atoms with E-state index < -0.39 is 0 Å². The number of nitrogens with two attached hydrogens (primary N) is 1. The fourth-order valence-corrected chi connectivity index (χ4v) is 1.57. The smallest absolute Gasteiger partial charge is 0.225 e. The van der Waals surface area contributed by atoms with Gasteiger partial charge in [0.25, 0.3) is 0 Å². The summed E-state index contributed by atoms with van der Waals surface area (Å²) in [5, 5.41) is 0. The average Bonchev–Trinajstić information content (AvgIpc) is 2.38. The van der Waals surface area contributed by atoms with Crippen molar-refractivity contribution < 1.29 is 9.53 Å². The van der Waals surface area contributed by atoms with E-state index in [9.17, 15) is 4.79 Å². The van der Waals surface area contributed by atoms with E-state index in [2.05, 4.69) is 6.92 Å². The van der Waals surface area contributed by atoms with Gasteiger partial charge in [0.15, 0.2) is 0 Å². The molecular weight excluding hydrogens is 228 g/mol. The maximum Gasteiger partial charge on any atom is 0.225 e. The molecule has 0 saturated heterocycles. The molecule has 0 aliphatic rings. The summed E-state index contributed by atoms with van der Waals surface area (Å²) in [5.41, 5.74) is 6.34. The van der Waals surface area contributed by atoms with Crippen LogP contribution in [0.25, 0.3) is 0 Å². The van der Waals surface area contributed by atoms with Gasteiger partial charge < -0.3 is 15.4 Å². The molecule has 1 amide bonds. The number of rotatable bonds is 7. The van der Waals surface area contributed by atoms with Gasteiger partial charge in [-0.05, 0) is 18.6 Å². The van der Waals surface area contributed by atoms with Crippen LogP contribution < -0.4 is 10.5 Å². The number of nitrogens with zero attached hydrogens (tertiary/aromatic N) is 1. The Hall–Kier alpha value is -1.71. The Morgan fingerprint density at radius 1 is 1.39 bits per heavy atom. The molecule has 0 aliphatic heterocycles. The van der Waals surface area contributed by atoms with E-state index in [0.29, 0.717) is 24.5 Å². The van der Waals surface area contributed by atoms with Crippen LogP contribution in [0.2, 0.25) is 0 Å². The first-order chi connectivity index (χ1) is 8.65. The minimum absolute atomic E-state index is 0.109. The molecule has 4 nitrogen and oxygen atoms in total. The number of carbonyl (C=O) groups is 1. The normalized spacial score (nSPS) is 10.1. The van der Waals surface area contributed by atoms with Crippen LogP contribution in [-0.4, -0.2) is 31.0 Å². The fourth-order valence-electron chi connectivity index (χ4n) is 1.57. The third-order valence-electron chi connectivity index (χ3n) is 2.77. The third kappa shape index (κ3) is 4.65. The molecule has 1 aromatic carbocycles. The van der Waals surface area contributed by atoms with Crippen molar-refractivity contribution >= 4 is 11.6 Å². The summed E-state index contributed by atoms with van der Waals surface area (Å²) in [6, 6.07) is 7.30. The van der Waals surface area contributed by atoms with Gasteiger partial charge in [0.1, 0.15) is 5.75 Å². The van der Waals surface area contributed by atoms with Crippen LogP contribution in [0.3, 0.4) is 0 Å². The second-order valence-electron chi connectivity index (χ2n) is 4.31. The highest BCUT2D eigenvalue weighted by atomic mass is 16.5. The number of hydrogen-bond donors (Lipinski definition) is 1. The summed E-state index contributed by atoms with van der Waals surface area (Å²) < 4.78 is 5.49. The molecule has 0 atom stereocenters. The first-order valence-corrected chi connectivity index (χ1v) is 6.36. The molecule has 1 aromatic rings. The maximum atomic E-state index is 11.7. The maximum absolute atomic E-state index is 11.7. The van der Waals surface area contributed by atoms with E-state index in [1.54, 1.807) is 17.0 Å². The molecule has 0 unspecified atom stereocenters. The molecule has 2 N–H and O–H groups in total. The number of anilines is 1. The number of ether oxygens (including phenoxy) is 1. The summed E-state index contributed by atoms with van der Waals surface area (Å²) in [6.45, 7) is 3.28. The zero-order chi connectivity index (χ0) is 13.4. The Labute approximate surface area is 109 Å². The van der Waals surface area contributed by atoms with Crippen molar-refractivity contribution in [1.82, 2.24) is 4.90 Å². The van der Waals surface area contributed by atoms with Crippen LogP contribution in [0.1, 0.15) is 26.2 Å². The summed E-state index contributed by atoms with van der Waals surface area (Å²) in [4.78, 5) is 13.5. The summed E-state index contributed by atoms with van der Waals surface area (Å²) >= 11 is 0. The van der Waals surface area contributed by atoms with Crippen LogP contribution in [-0.2, 0) is 4.79 Å². The van der Waals surface area contributed by atoms with Gasteiger partial charge in [-0.25, -0.2) is 0 Å². The van der Waals surface area contributed by atoms with Crippen molar-refractivity contribution in [2.24, 2.45) is 0 Å². The molecule has 0 radical (unpaired) electrons. The van der Waals surface area contributed by atoms with Crippen molar-refractivity contribution in [3.63, 3.8) is 0 Å². The van der Waals surface area contributed by atoms with E-state index in [0.717, 1.165) is 19.4 Å². The van der Waals surface area contributed by atoms with E-state index in [4.69, 9.17) is 10.5 Å². The average molecular weight is 250 g/mol. The van der Waals surface area contributed by atoms with E-state index in [-0.39, 0.29) is 5.91 Å². The van der Waals surface area contributed by atoms with E-state index in [1.807, 2.05) is 19.2 Å². The number of unbranched alkanes of at least 4 members (excludes halogenated alkanes) is 1. The molecule has 100 valence electrons. The Morgan fingerprint density at radius 3 is 2.78 bits per heavy atom. The van der Waals surface area contributed by atoms with Gasteiger partial charge >= 0.3 is 0 Å². The van der Waals surface area contributed by atoms with Crippen molar-refractivity contribution in [3.05, 3.63) is 24.3 Å².